The Morgan fingerprint density at radius 2 is 2.33 bits per heavy atom. The minimum atomic E-state index is 0.200. The first-order valence-corrected chi connectivity index (χ1v) is 8.99. The second-order valence-corrected chi connectivity index (χ2v) is 7.63. The summed E-state index contributed by atoms with van der Waals surface area (Å²) in [5, 5.41) is 0. The Kier molecular flexibility index (Phi) is 4.89. The van der Waals surface area contributed by atoms with Crippen LogP contribution in [-0.4, -0.2) is 24.0 Å². The van der Waals surface area contributed by atoms with Crippen LogP contribution >= 0.6 is 11.8 Å². The van der Waals surface area contributed by atoms with Crippen LogP contribution in [0.5, 0.6) is 0 Å². The molecule has 2 fully saturated rings. The number of thioether (sulfide) groups is 1. The molecule has 116 valence electrons. The summed E-state index contributed by atoms with van der Waals surface area (Å²) in [5.41, 5.74) is 4.58. The van der Waals surface area contributed by atoms with Gasteiger partial charge in [-0.3, -0.25) is 11.3 Å². The monoisotopic (exact) mass is 306 g/mol. The Bertz CT molecular complexity index is 476. The van der Waals surface area contributed by atoms with Crippen molar-refractivity contribution >= 4 is 11.8 Å². The Morgan fingerprint density at radius 1 is 1.48 bits per heavy atom. The molecule has 1 aromatic carbocycles. The van der Waals surface area contributed by atoms with E-state index in [0.717, 1.165) is 18.8 Å². The van der Waals surface area contributed by atoms with E-state index >= 15 is 0 Å². The van der Waals surface area contributed by atoms with E-state index in [1.165, 1.54) is 36.1 Å². The number of nitrogens with two attached hydrogens (primary N) is 1. The van der Waals surface area contributed by atoms with Gasteiger partial charge in [-0.1, -0.05) is 17.7 Å². The molecule has 21 heavy (non-hydrogen) atoms. The van der Waals surface area contributed by atoms with Gasteiger partial charge in [0.1, 0.15) is 0 Å². The summed E-state index contributed by atoms with van der Waals surface area (Å²) in [6.45, 7) is 3.04. The minimum Gasteiger partial charge on any atom is -0.375 e. The summed E-state index contributed by atoms with van der Waals surface area (Å²) in [6.07, 6.45) is 6.12. The van der Waals surface area contributed by atoms with Crippen molar-refractivity contribution in [2.24, 2.45) is 11.8 Å². The largest absolute Gasteiger partial charge is 0.375 e. The molecule has 2 atom stereocenters. The first-order chi connectivity index (χ1) is 10.2. The van der Waals surface area contributed by atoms with Gasteiger partial charge in [0.25, 0.3) is 0 Å². The zero-order valence-electron chi connectivity index (χ0n) is 12.8. The van der Waals surface area contributed by atoms with Crippen LogP contribution in [0.3, 0.4) is 0 Å². The number of benzene rings is 1. The molecule has 1 aliphatic heterocycles. The molecular formula is C17H26N2OS. The third-order valence-electron chi connectivity index (χ3n) is 5.00. The molecule has 1 heterocycles. The molecule has 4 heteroatoms. The molecule has 1 saturated carbocycles. The Morgan fingerprint density at radius 3 is 3.00 bits per heavy atom. The fraction of sp³-hybridized carbons (Fsp3) is 0.647. The molecule has 0 bridgehead atoms. The lowest BCUT2D eigenvalue weighted by molar-refractivity contribution is -0.146. The summed E-state index contributed by atoms with van der Waals surface area (Å²) >= 11 is 1.90. The maximum atomic E-state index is 6.03. The predicted octanol–water partition coefficient (Wildman–Crippen LogP) is 3.27. The van der Waals surface area contributed by atoms with Gasteiger partial charge in [-0.05, 0) is 57.1 Å². The smallest absolute Gasteiger partial charge is 0.0685 e. The van der Waals surface area contributed by atoms with E-state index < -0.39 is 0 Å². The van der Waals surface area contributed by atoms with Gasteiger partial charge < -0.3 is 4.74 Å². The van der Waals surface area contributed by atoms with Crippen LogP contribution in [0.2, 0.25) is 0 Å². The molecule has 1 saturated heterocycles. The van der Waals surface area contributed by atoms with E-state index in [9.17, 15) is 0 Å². The predicted molar refractivity (Wildman–Crippen MR) is 88.3 cm³/mol. The van der Waals surface area contributed by atoms with E-state index in [1.54, 1.807) is 0 Å². The highest BCUT2D eigenvalue weighted by Crippen LogP contribution is 2.45. The molecule has 1 aliphatic carbocycles. The van der Waals surface area contributed by atoms with Crippen molar-refractivity contribution in [2.75, 3.05) is 12.4 Å². The van der Waals surface area contributed by atoms with Crippen molar-refractivity contribution in [3.63, 3.8) is 0 Å². The number of hydrazine groups is 1. The van der Waals surface area contributed by atoms with Crippen molar-refractivity contribution in [1.82, 2.24) is 5.43 Å². The van der Waals surface area contributed by atoms with E-state index in [-0.39, 0.29) is 5.60 Å². The molecule has 0 amide bonds. The topological polar surface area (TPSA) is 47.3 Å². The second-order valence-electron chi connectivity index (χ2n) is 6.54. The van der Waals surface area contributed by atoms with Gasteiger partial charge in [0.2, 0.25) is 0 Å². The van der Waals surface area contributed by atoms with Gasteiger partial charge >= 0.3 is 0 Å². The van der Waals surface area contributed by atoms with Gasteiger partial charge in [0.05, 0.1) is 5.60 Å². The van der Waals surface area contributed by atoms with Crippen molar-refractivity contribution < 1.29 is 4.74 Å². The summed E-state index contributed by atoms with van der Waals surface area (Å²) in [5.74, 6) is 7.51. The first-order valence-electron chi connectivity index (χ1n) is 8.00. The molecule has 3 N–H and O–H groups in total. The number of rotatable bonds is 5. The third-order valence-corrected chi connectivity index (χ3v) is 6.11. The average Bonchev–Trinajstić information content (AvgIpc) is 2.47. The second kappa shape index (κ2) is 6.69. The Balaban J connectivity index is 1.57. The van der Waals surface area contributed by atoms with Crippen molar-refractivity contribution in [3.05, 3.63) is 29.8 Å². The maximum absolute atomic E-state index is 6.03. The van der Waals surface area contributed by atoms with Gasteiger partial charge in [-0.25, -0.2) is 0 Å². The van der Waals surface area contributed by atoms with Gasteiger partial charge in [-0.15, -0.1) is 11.8 Å². The molecular weight excluding hydrogens is 280 g/mol. The fourth-order valence-corrected chi connectivity index (χ4v) is 4.72. The molecule has 2 aliphatic rings. The molecule has 0 aromatic heterocycles. The minimum absolute atomic E-state index is 0.200. The fourth-order valence-electron chi connectivity index (χ4n) is 3.54. The van der Waals surface area contributed by atoms with E-state index in [4.69, 9.17) is 10.6 Å². The van der Waals surface area contributed by atoms with Crippen LogP contribution < -0.4 is 11.3 Å². The quantitative estimate of drug-likeness (QED) is 0.498. The molecule has 1 aromatic rings. The molecule has 1 spiro atoms. The van der Waals surface area contributed by atoms with Gasteiger partial charge in [-0.2, -0.15) is 0 Å². The zero-order valence-corrected chi connectivity index (χ0v) is 13.6. The SMILES string of the molecule is Cc1cccc(SCC(NN)C2CCOC3(CCC3)C2)c1. The number of hydrogen-bond acceptors (Lipinski definition) is 4. The van der Waals surface area contributed by atoms with Crippen molar-refractivity contribution in [3.8, 4) is 0 Å². The van der Waals surface area contributed by atoms with E-state index in [0.29, 0.717) is 12.0 Å². The summed E-state index contributed by atoms with van der Waals surface area (Å²) in [7, 11) is 0. The van der Waals surface area contributed by atoms with Crippen molar-refractivity contribution in [1.29, 1.82) is 0 Å². The summed E-state index contributed by atoms with van der Waals surface area (Å²) in [6, 6.07) is 9.07. The molecule has 2 unspecified atom stereocenters. The molecule has 0 radical (unpaired) electrons. The summed E-state index contributed by atoms with van der Waals surface area (Å²) in [4.78, 5) is 1.33. The highest BCUT2D eigenvalue weighted by atomic mass is 32.2. The highest BCUT2D eigenvalue weighted by molar-refractivity contribution is 7.99. The van der Waals surface area contributed by atoms with Gasteiger partial charge in [0.15, 0.2) is 0 Å². The lowest BCUT2D eigenvalue weighted by Gasteiger charge is -2.48. The first kappa shape index (κ1) is 15.3. The van der Waals surface area contributed by atoms with Crippen LogP contribution in [0.25, 0.3) is 0 Å². The van der Waals surface area contributed by atoms with Crippen LogP contribution in [0.4, 0.5) is 0 Å². The number of nitrogens with one attached hydrogen (secondary N) is 1. The maximum Gasteiger partial charge on any atom is 0.0685 e. The summed E-state index contributed by atoms with van der Waals surface area (Å²) < 4.78 is 6.03. The number of hydrogen-bond donors (Lipinski definition) is 2. The zero-order chi connectivity index (χ0) is 14.7. The number of ether oxygens (including phenoxy) is 1. The lowest BCUT2D eigenvalue weighted by Crippen LogP contribution is -2.52. The van der Waals surface area contributed by atoms with Crippen LogP contribution in [-0.2, 0) is 4.74 Å². The third kappa shape index (κ3) is 3.62. The lowest BCUT2D eigenvalue weighted by atomic mass is 9.70. The normalized spacial score (nSPS) is 25.5. The number of aryl methyl sites for hydroxylation is 1. The Labute approximate surface area is 132 Å². The van der Waals surface area contributed by atoms with E-state index in [2.05, 4.69) is 36.6 Å². The standard InChI is InChI=1S/C17H26N2OS/c1-13-4-2-5-15(10-13)21-12-16(19-18)14-6-9-20-17(11-14)7-3-8-17/h2,4-5,10,14,16,19H,3,6-9,11-12,18H2,1H3. The van der Waals surface area contributed by atoms with Crippen LogP contribution in [0.15, 0.2) is 29.2 Å². The highest BCUT2D eigenvalue weighted by Gasteiger charge is 2.44. The molecule has 3 rings (SSSR count). The van der Waals surface area contributed by atoms with Gasteiger partial charge in [0, 0.05) is 23.3 Å². The van der Waals surface area contributed by atoms with Crippen molar-refractivity contribution in [2.45, 2.75) is 55.6 Å². The molecule has 3 nitrogen and oxygen atoms in total. The Hall–Kier alpha value is -0.550. The van der Waals surface area contributed by atoms with Crippen LogP contribution in [0, 0.1) is 12.8 Å². The van der Waals surface area contributed by atoms with E-state index in [1.807, 2.05) is 11.8 Å². The average molecular weight is 306 g/mol. The van der Waals surface area contributed by atoms with Crippen LogP contribution in [0.1, 0.15) is 37.7 Å².